The van der Waals surface area contributed by atoms with Crippen LogP contribution >= 0.6 is 0 Å². The van der Waals surface area contributed by atoms with Crippen LogP contribution in [0.5, 0.6) is 0 Å². The lowest BCUT2D eigenvalue weighted by Gasteiger charge is -2.16. The van der Waals surface area contributed by atoms with Gasteiger partial charge in [-0.1, -0.05) is 18.2 Å². The second kappa shape index (κ2) is 7.98. The van der Waals surface area contributed by atoms with Crippen molar-refractivity contribution in [1.29, 1.82) is 0 Å². The summed E-state index contributed by atoms with van der Waals surface area (Å²) < 4.78 is 26.2. The SMILES string of the molecule is CC(C)S(=O)(=O)c1ccc(C(=O)N(C)Cc2cnn(-c3ccccc3)c2)cc1. The summed E-state index contributed by atoms with van der Waals surface area (Å²) in [6, 6.07) is 15.8. The van der Waals surface area contributed by atoms with Gasteiger partial charge in [0.2, 0.25) is 0 Å². The zero-order valence-corrected chi connectivity index (χ0v) is 16.9. The monoisotopic (exact) mass is 397 g/mol. The molecular formula is C21H23N3O3S. The zero-order chi connectivity index (χ0) is 20.3. The van der Waals surface area contributed by atoms with E-state index in [1.54, 1.807) is 48.8 Å². The maximum atomic E-state index is 12.7. The molecule has 0 saturated heterocycles. The van der Waals surface area contributed by atoms with Gasteiger partial charge >= 0.3 is 0 Å². The fourth-order valence-corrected chi connectivity index (χ4v) is 3.85. The summed E-state index contributed by atoms with van der Waals surface area (Å²) in [5.41, 5.74) is 2.30. The topological polar surface area (TPSA) is 72.3 Å². The van der Waals surface area contributed by atoms with Crippen LogP contribution in [0.3, 0.4) is 0 Å². The molecule has 0 bridgehead atoms. The molecule has 0 N–H and O–H groups in total. The number of sulfone groups is 1. The number of nitrogens with zero attached hydrogens (tertiary/aromatic N) is 3. The Morgan fingerprint density at radius 2 is 1.71 bits per heavy atom. The predicted octanol–water partition coefficient (Wildman–Crippen LogP) is 3.33. The van der Waals surface area contributed by atoms with Crippen LogP contribution in [-0.2, 0) is 16.4 Å². The van der Waals surface area contributed by atoms with Gasteiger partial charge in [0, 0.05) is 30.9 Å². The minimum atomic E-state index is -3.35. The van der Waals surface area contributed by atoms with Gasteiger partial charge in [-0.25, -0.2) is 13.1 Å². The molecule has 2 aromatic carbocycles. The van der Waals surface area contributed by atoms with Crippen molar-refractivity contribution in [2.45, 2.75) is 30.5 Å². The van der Waals surface area contributed by atoms with Crippen molar-refractivity contribution >= 4 is 15.7 Å². The summed E-state index contributed by atoms with van der Waals surface area (Å²) in [7, 11) is -1.64. The Morgan fingerprint density at radius 1 is 1.07 bits per heavy atom. The first-order valence-corrected chi connectivity index (χ1v) is 10.5. The summed E-state index contributed by atoms with van der Waals surface area (Å²) in [6.45, 7) is 3.67. The van der Waals surface area contributed by atoms with Crippen molar-refractivity contribution in [3.63, 3.8) is 0 Å². The molecular weight excluding hydrogens is 374 g/mol. The number of para-hydroxylation sites is 1. The van der Waals surface area contributed by atoms with Gasteiger partial charge in [0.05, 0.1) is 22.0 Å². The standard InChI is InChI=1S/C21H23N3O3S/c1-16(2)28(26,27)20-11-9-18(10-12-20)21(25)23(3)14-17-13-22-24(15-17)19-7-5-4-6-8-19/h4-13,15-16H,14H2,1-3H3. The van der Waals surface area contributed by atoms with Crippen LogP contribution in [0.25, 0.3) is 5.69 Å². The smallest absolute Gasteiger partial charge is 0.253 e. The number of hydrogen-bond donors (Lipinski definition) is 0. The minimum absolute atomic E-state index is 0.180. The molecule has 146 valence electrons. The molecule has 1 amide bonds. The van der Waals surface area contributed by atoms with Crippen LogP contribution < -0.4 is 0 Å². The first kappa shape index (κ1) is 19.8. The molecule has 0 unspecified atom stereocenters. The van der Waals surface area contributed by atoms with Gasteiger partial charge in [0.1, 0.15) is 0 Å². The average Bonchev–Trinajstić information content (AvgIpc) is 3.16. The van der Waals surface area contributed by atoms with Gasteiger partial charge in [-0.2, -0.15) is 5.10 Å². The number of carbonyl (C=O) groups is 1. The van der Waals surface area contributed by atoms with E-state index < -0.39 is 15.1 Å². The second-order valence-electron chi connectivity index (χ2n) is 6.91. The van der Waals surface area contributed by atoms with E-state index >= 15 is 0 Å². The van der Waals surface area contributed by atoms with Crippen molar-refractivity contribution in [2.24, 2.45) is 0 Å². The Kier molecular flexibility index (Phi) is 5.65. The number of rotatable bonds is 6. The first-order valence-electron chi connectivity index (χ1n) is 8.97. The van der Waals surface area contributed by atoms with E-state index in [1.165, 1.54) is 12.1 Å². The third-order valence-electron chi connectivity index (χ3n) is 4.47. The normalized spacial score (nSPS) is 11.6. The highest BCUT2D eigenvalue weighted by Crippen LogP contribution is 2.18. The van der Waals surface area contributed by atoms with Crippen molar-refractivity contribution in [2.75, 3.05) is 7.05 Å². The third kappa shape index (κ3) is 4.14. The van der Waals surface area contributed by atoms with E-state index in [1.807, 2.05) is 36.5 Å². The Labute approximate surface area is 165 Å². The van der Waals surface area contributed by atoms with E-state index in [9.17, 15) is 13.2 Å². The lowest BCUT2D eigenvalue weighted by Crippen LogP contribution is -2.26. The van der Waals surface area contributed by atoms with E-state index in [-0.39, 0.29) is 10.8 Å². The molecule has 0 spiro atoms. The largest absolute Gasteiger partial charge is 0.337 e. The number of hydrogen-bond acceptors (Lipinski definition) is 4. The Balaban J connectivity index is 1.71. The number of aromatic nitrogens is 2. The molecule has 0 radical (unpaired) electrons. The van der Waals surface area contributed by atoms with E-state index in [0.29, 0.717) is 12.1 Å². The maximum absolute atomic E-state index is 12.7. The van der Waals surface area contributed by atoms with Gasteiger partial charge in [-0.15, -0.1) is 0 Å². The van der Waals surface area contributed by atoms with Crippen molar-refractivity contribution in [1.82, 2.24) is 14.7 Å². The van der Waals surface area contributed by atoms with Crippen LogP contribution in [0.4, 0.5) is 0 Å². The Morgan fingerprint density at radius 3 is 2.32 bits per heavy atom. The highest BCUT2D eigenvalue weighted by molar-refractivity contribution is 7.92. The van der Waals surface area contributed by atoms with Gasteiger partial charge < -0.3 is 4.90 Å². The van der Waals surface area contributed by atoms with Crippen LogP contribution in [0.2, 0.25) is 0 Å². The van der Waals surface area contributed by atoms with E-state index in [4.69, 9.17) is 0 Å². The lowest BCUT2D eigenvalue weighted by molar-refractivity contribution is 0.0785. The zero-order valence-electron chi connectivity index (χ0n) is 16.1. The molecule has 0 aliphatic heterocycles. The molecule has 6 nitrogen and oxygen atoms in total. The number of benzene rings is 2. The average molecular weight is 398 g/mol. The van der Waals surface area contributed by atoms with Gasteiger partial charge in [0.25, 0.3) is 5.91 Å². The maximum Gasteiger partial charge on any atom is 0.253 e. The van der Waals surface area contributed by atoms with Crippen LogP contribution in [0.15, 0.2) is 71.9 Å². The Bertz CT molecular complexity index is 1060. The minimum Gasteiger partial charge on any atom is -0.337 e. The van der Waals surface area contributed by atoms with Crippen molar-refractivity contribution in [3.05, 3.63) is 78.1 Å². The predicted molar refractivity (Wildman–Crippen MR) is 108 cm³/mol. The summed E-state index contributed by atoms with van der Waals surface area (Å²) in [4.78, 5) is 14.5. The molecule has 1 heterocycles. The van der Waals surface area contributed by atoms with Crippen LogP contribution in [0, 0.1) is 0 Å². The van der Waals surface area contributed by atoms with Gasteiger partial charge in [-0.3, -0.25) is 4.79 Å². The molecule has 0 aliphatic carbocycles. The first-order chi connectivity index (χ1) is 13.3. The summed E-state index contributed by atoms with van der Waals surface area (Å²) in [5, 5.41) is 3.84. The molecule has 3 rings (SSSR count). The molecule has 0 fully saturated rings. The highest BCUT2D eigenvalue weighted by Gasteiger charge is 2.20. The fourth-order valence-electron chi connectivity index (χ4n) is 2.79. The van der Waals surface area contributed by atoms with Crippen LogP contribution in [0.1, 0.15) is 29.8 Å². The molecule has 28 heavy (non-hydrogen) atoms. The molecule has 1 aromatic heterocycles. The molecule has 3 aromatic rings. The highest BCUT2D eigenvalue weighted by atomic mass is 32.2. The van der Waals surface area contributed by atoms with Crippen LogP contribution in [-0.4, -0.2) is 41.3 Å². The summed E-state index contributed by atoms with van der Waals surface area (Å²) in [5.74, 6) is -0.180. The molecule has 0 saturated carbocycles. The van der Waals surface area contributed by atoms with Gasteiger partial charge in [-0.05, 0) is 50.2 Å². The van der Waals surface area contributed by atoms with Crippen molar-refractivity contribution < 1.29 is 13.2 Å². The van der Waals surface area contributed by atoms with Gasteiger partial charge in [0.15, 0.2) is 9.84 Å². The van der Waals surface area contributed by atoms with E-state index in [2.05, 4.69) is 5.10 Å². The quantitative estimate of drug-likeness (QED) is 0.640. The van der Waals surface area contributed by atoms with Crippen molar-refractivity contribution in [3.8, 4) is 5.69 Å². The second-order valence-corrected chi connectivity index (χ2v) is 9.41. The third-order valence-corrected chi connectivity index (χ3v) is 6.64. The summed E-state index contributed by atoms with van der Waals surface area (Å²) in [6.07, 6.45) is 3.62. The Hall–Kier alpha value is -2.93. The number of amides is 1. The summed E-state index contributed by atoms with van der Waals surface area (Å²) >= 11 is 0. The van der Waals surface area contributed by atoms with E-state index in [0.717, 1.165) is 11.3 Å². The molecule has 7 heteroatoms. The lowest BCUT2D eigenvalue weighted by atomic mass is 10.2. The molecule has 0 atom stereocenters. The fraction of sp³-hybridized carbons (Fsp3) is 0.238. The molecule has 0 aliphatic rings. The number of carbonyl (C=O) groups excluding carboxylic acids is 1.